The van der Waals surface area contributed by atoms with E-state index in [9.17, 15) is 4.79 Å². The van der Waals surface area contributed by atoms with E-state index in [2.05, 4.69) is 0 Å². The summed E-state index contributed by atoms with van der Waals surface area (Å²) in [7, 11) is 0. The van der Waals surface area contributed by atoms with E-state index in [4.69, 9.17) is 26.2 Å². The molecule has 1 aromatic rings. The molecule has 0 aliphatic carbocycles. The van der Waals surface area contributed by atoms with Crippen LogP contribution in [0.2, 0.25) is 5.02 Å². The number of hydrogen-bond acceptors (Lipinski definition) is 3. The molecule has 1 atom stereocenters. The fourth-order valence-electron chi connectivity index (χ4n) is 1.90. The lowest BCUT2D eigenvalue weighted by atomic mass is 9.95. The molecule has 0 amide bonds. The lowest BCUT2D eigenvalue weighted by Crippen LogP contribution is -2.18. The van der Waals surface area contributed by atoms with Crippen LogP contribution in [0, 0.1) is 6.92 Å². The van der Waals surface area contributed by atoms with Gasteiger partial charge in [0, 0.05) is 0 Å². The second-order valence-electron chi connectivity index (χ2n) is 3.99. The molecule has 1 N–H and O–H groups in total. The molecule has 0 bridgehead atoms. The lowest BCUT2D eigenvalue weighted by Gasteiger charge is -2.24. The third-order valence-corrected chi connectivity index (χ3v) is 3.17. The highest BCUT2D eigenvalue weighted by molar-refractivity contribution is 6.32. The van der Waals surface area contributed by atoms with Crippen LogP contribution in [0.25, 0.3) is 0 Å². The average molecular weight is 257 g/mol. The van der Waals surface area contributed by atoms with Crippen LogP contribution in [0.5, 0.6) is 11.5 Å². The molecule has 92 valence electrons. The van der Waals surface area contributed by atoms with Gasteiger partial charge < -0.3 is 14.6 Å². The van der Waals surface area contributed by atoms with Gasteiger partial charge in [0.25, 0.3) is 0 Å². The number of fused-ring (bicyclic) bond motifs is 1. The Morgan fingerprint density at radius 1 is 1.41 bits per heavy atom. The summed E-state index contributed by atoms with van der Waals surface area (Å²) in [5, 5.41) is 9.44. The van der Waals surface area contributed by atoms with E-state index in [1.165, 1.54) is 0 Å². The lowest BCUT2D eigenvalue weighted by molar-refractivity contribution is -0.138. The molecular weight excluding hydrogens is 244 g/mol. The highest BCUT2D eigenvalue weighted by atomic mass is 35.5. The SMILES string of the molecule is Cc1c(C(C)C(=O)O)cc(Cl)c2c1OCCO2. The minimum absolute atomic E-state index is 0.397. The molecule has 1 aromatic carbocycles. The standard InChI is InChI=1S/C12H13ClO4/c1-6-8(7(2)12(14)15)5-9(13)11-10(6)16-3-4-17-11/h5,7H,3-4H2,1-2H3,(H,14,15). The highest BCUT2D eigenvalue weighted by Gasteiger charge is 2.25. The van der Waals surface area contributed by atoms with Crippen molar-refractivity contribution in [3.05, 3.63) is 22.2 Å². The number of halogens is 1. The van der Waals surface area contributed by atoms with Crippen molar-refractivity contribution in [2.75, 3.05) is 13.2 Å². The Bertz CT molecular complexity index is 470. The molecule has 0 aromatic heterocycles. The van der Waals surface area contributed by atoms with E-state index in [0.29, 0.717) is 35.3 Å². The number of rotatable bonds is 2. The largest absolute Gasteiger partial charge is 0.486 e. The van der Waals surface area contributed by atoms with E-state index < -0.39 is 11.9 Å². The molecule has 1 heterocycles. The molecule has 17 heavy (non-hydrogen) atoms. The molecule has 5 heteroatoms. The molecular formula is C12H13ClO4. The quantitative estimate of drug-likeness (QED) is 0.884. The van der Waals surface area contributed by atoms with Crippen LogP contribution in [0.4, 0.5) is 0 Å². The summed E-state index contributed by atoms with van der Waals surface area (Å²) in [6, 6.07) is 1.64. The number of carbonyl (C=O) groups is 1. The third kappa shape index (κ3) is 2.05. The Kier molecular flexibility index (Phi) is 3.15. The Labute approximate surface area is 104 Å². The van der Waals surface area contributed by atoms with Gasteiger partial charge in [-0.1, -0.05) is 11.6 Å². The Morgan fingerprint density at radius 2 is 2.00 bits per heavy atom. The zero-order valence-electron chi connectivity index (χ0n) is 9.62. The summed E-state index contributed by atoms with van der Waals surface area (Å²) in [5.41, 5.74) is 1.44. The van der Waals surface area contributed by atoms with Gasteiger partial charge in [-0.05, 0) is 31.0 Å². The number of carboxylic acid groups (broad SMARTS) is 1. The third-order valence-electron chi connectivity index (χ3n) is 2.89. The van der Waals surface area contributed by atoms with Crippen LogP contribution in [0.15, 0.2) is 6.07 Å². The molecule has 2 rings (SSSR count). The first-order valence-electron chi connectivity index (χ1n) is 5.33. The summed E-state index contributed by atoms with van der Waals surface area (Å²) >= 11 is 6.07. The normalized spacial score (nSPS) is 15.5. The van der Waals surface area contributed by atoms with Crippen LogP contribution in [-0.2, 0) is 4.79 Å². The summed E-state index contributed by atoms with van der Waals surface area (Å²) in [6.45, 7) is 4.35. The molecule has 1 aliphatic rings. The predicted octanol–water partition coefficient (Wildman–Crippen LogP) is 2.61. The minimum atomic E-state index is -0.888. The molecule has 1 unspecified atom stereocenters. The van der Waals surface area contributed by atoms with Crippen molar-refractivity contribution < 1.29 is 19.4 Å². The molecule has 0 radical (unpaired) electrons. The van der Waals surface area contributed by atoms with Crippen molar-refractivity contribution >= 4 is 17.6 Å². The van der Waals surface area contributed by atoms with Crippen molar-refractivity contribution in [3.63, 3.8) is 0 Å². The Balaban J connectivity index is 2.56. The van der Waals surface area contributed by atoms with Crippen molar-refractivity contribution in [3.8, 4) is 11.5 Å². The van der Waals surface area contributed by atoms with E-state index in [1.807, 2.05) is 6.92 Å². The predicted molar refractivity (Wildman–Crippen MR) is 63.2 cm³/mol. The van der Waals surface area contributed by atoms with Crippen LogP contribution in [-0.4, -0.2) is 24.3 Å². The Morgan fingerprint density at radius 3 is 2.59 bits per heavy atom. The molecule has 4 nitrogen and oxygen atoms in total. The van der Waals surface area contributed by atoms with Gasteiger partial charge in [-0.3, -0.25) is 4.79 Å². The van der Waals surface area contributed by atoms with Gasteiger partial charge >= 0.3 is 5.97 Å². The fraction of sp³-hybridized carbons (Fsp3) is 0.417. The number of ether oxygens (including phenoxy) is 2. The van der Waals surface area contributed by atoms with Gasteiger partial charge in [0.1, 0.15) is 13.2 Å². The van der Waals surface area contributed by atoms with E-state index in [1.54, 1.807) is 13.0 Å². The molecule has 0 saturated carbocycles. The van der Waals surface area contributed by atoms with Crippen LogP contribution in [0.1, 0.15) is 24.0 Å². The Hall–Kier alpha value is -1.42. The molecule has 0 fully saturated rings. The number of aliphatic carboxylic acids is 1. The summed E-state index contributed by atoms with van der Waals surface area (Å²) in [4.78, 5) is 11.0. The maximum Gasteiger partial charge on any atom is 0.310 e. The monoisotopic (exact) mass is 256 g/mol. The first-order chi connectivity index (χ1) is 8.02. The highest BCUT2D eigenvalue weighted by Crippen LogP contribution is 2.43. The summed E-state index contributed by atoms with van der Waals surface area (Å²) in [5.74, 6) is -0.437. The van der Waals surface area contributed by atoms with Gasteiger partial charge in [-0.2, -0.15) is 0 Å². The minimum Gasteiger partial charge on any atom is -0.486 e. The molecule has 0 saturated heterocycles. The topological polar surface area (TPSA) is 55.8 Å². The number of carboxylic acids is 1. The second kappa shape index (κ2) is 4.45. The maximum absolute atomic E-state index is 11.0. The van der Waals surface area contributed by atoms with Crippen LogP contribution < -0.4 is 9.47 Å². The van der Waals surface area contributed by atoms with Crippen molar-refractivity contribution in [1.29, 1.82) is 0 Å². The van der Waals surface area contributed by atoms with Crippen molar-refractivity contribution in [2.45, 2.75) is 19.8 Å². The average Bonchev–Trinajstić information content (AvgIpc) is 2.33. The van der Waals surface area contributed by atoms with E-state index >= 15 is 0 Å². The zero-order chi connectivity index (χ0) is 12.6. The second-order valence-corrected chi connectivity index (χ2v) is 4.39. The van der Waals surface area contributed by atoms with Gasteiger partial charge in [0.05, 0.1) is 10.9 Å². The summed E-state index contributed by atoms with van der Waals surface area (Å²) < 4.78 is 10.9. The van der Waals surface area contributed by atoms with Gasteiger partial charge in [0.2, 0.25) is 0 Å². The number of hydrogen-bond donors (Lipinski definition) is 1. The van der Waals surface area contributed by atoms with Gasteiger partial charge in [-0.25, -0.2) is 0 Å². The van der Waals surface area contributed by atoms with Crippen molar-refractivity contribution in [1.82, 2.24) is 0 Å². The van der Waals surface area contributed by atoms with Crippen LogP contribution >= 0.6 is 11.6 Å². The van der Waals surface area contributed by atoms with Crippen molar-refractivity contribution in [2.24, 2.45) is 0 Å². The maximum atomic E-state index is 11.0. The van der Waals surface area contributed by atoms with Crippen LogP contribution in [0.3, 0.4) is 0 Å². The first-order valence-corrected chi connectivity index (χ1v) is 5.71. The summed E-state index contributed by atoms with van der Waals surface area (Å²) in [6.07, 6.45) is 0. The zero-order valence-corrected chi connectivity index (χ0v) is 10.4. The first kappa shape index (κ1) is 12.0. The molecule has 0 spiro atoms. The fourth-order valence-corrected chi connectivity index (χ4v) is 2.16. The van der Waals surface area contributed by atoms with E-state index in [-0.39, 0.29) is 0 Å². The van der Waals surface area contributed by atoms with E-state index in [0.717, 1.165) is 5.56 Å². The number of benzene rings is 1. The molecule has 1 aliphatic heterocycles. The smallest absolute Gasteiger partial charge is 0.310 e. The van der Waals surface area contributed by atoms with Gasteiger partial charge in [0.15, 0.2) is 11.5 Å². The van der Waals surface area contributed by atoms with Gasteiger partial charge in [-0.15, -0.1) is 0 Å².